The maximum absolute atomic E-state index is 6.27. The van der Waals surface area contributed by atoms with Gasteiger partial charge in [0.05, 0.1) is 23.4 Å². The topological polar surface area (TPSA) is 56.7 Å². The van der Waals surface area contributed by atoms with Gasteiger partial charge in [0.25, 0.3) is 0 Å². The number of hydrogen-bond acceptors (Lipinski definition) is 3. The van der Waals surface area contributed by atoms with E-state index in [1.807, 2.05) is 41.3 Å². The maximum Gasteiger partial charge on any atom is 0.0706 e. The molecule has 4 nitrogen and oxygen atoms in total. The predicted molar refractivity (Wildman–Crippen MR) is 80.3 cm³/mol. The molecule has 4 heteroatoms. The Kier molecular flexibility index (Phi) is 3.48. The highest BCUT2D eigenvalue weighted by Gasteiger charge is 2.10. The molecule has 1 aromatic carbocycles. The number of nitrogens with two attached hydrogens (primary N) is 1. The lowest BCUT2D eigenvalue weighted by Crippen LogP contribution is -2.14. The largest absolute Gasteiger partial charge is 0.322 e. The summed E-state index contributed by atoms with van der Waals surface area (Å²) in [6.45, 7) is 2.95. The van der Waals surface area contributed by atoms with Gasteiger partial charge in [-0.05, 0) is 31.0 Å². The Morgan fingerprint density at radius 1 is 1.20 bits per heavy atom. The molecule has 0 saturated heterocycles. The summed E-state index contributed by atoms with van der Waals surface area (Å²) in [5.41, 5.74) is 9.33. The van der Waals surface area contributed by atoms with Gasteiger partial charge < -0.3 is 5.73 Å². The van der Waals surface area contributed by atoms with E-state index in [1.54, 1.807) is 0 Å². The van der Waals surface area contributed by atoms with Crippen LogP contribution in [0, 0.1) is 0 Å². The van der Waals surface area contributed by atoms with Crippen molar-refractivity contribution >= 4 is 10.9 Å². The zero-order chi connectivity index (χ0) is 13.9. The first-order valence-corrected chi connectivity index (χ1v) is 6.89. The number of benzene rings is 1. The molecular weight excluding hydrogens is 248 g/mol. The summed E-state index contributed by atoms with van der Waals surface area (Å²) in [5.74, 6) is 0. The summed E-state index contributed by atoms with van der Waals surface area (Å²) in [6, 6.07) is 12.1. The molecule has 0 saturated carbocycles. The Hall–Kier alpha value is -2.20. The van der Waals surface area contributed by atoms with Crippen LogP contribution in [0.3, 0.4) is 0 Å². The van der Waals surface area contributed by atoms with E-state index < -0.39 is 0 Å². The summed E-state index contributed by atoms with van der Waals surface area (Å²) in [6.07, 6.45) is 4.68. The number of hydrogen-bond donors (Lipinski definition) is 1. The molecular formula is C16H18N4. The Balaban J connectivity index is 1.82. The van der Waals surface area contributed by atoms with Gasteiger partial charge in [0.15, 0.2) is 0 Å². The second-order valence-electron chi connectivity index (χ2n) is 4.94. The van der Waals surface area contributed by atoms with Crippen molar-refractivity contribution in [3.63, 3.8) is 0 Å². The molecule has 2 heterocycles. The zero-order valence-corrected chi connectivity index (χ0v) is 11.5. The van der Waals surface area contributed by atoms with Crippen molar-refractivity contribution in [2.24, 2.45) is 5.73 Å². The van der Waals surface area contributed by atoms with Crippen molar-refractivity contribution in [3.8, 4) is 0 Å². The van der Waals surface area contributed by atoms with E-state index in [1.165, 1.54) is 0 Å². The van der Waals surface area contributed by atoms with E-state index in [0.717, 1.165) is 35.1 Å². The lowest BCUT2D eigenvalue weighted by atomic mass is 10.1. The SMILES string of the molecule is CCn1cc(CC(N)c2ccc3ccccc3n2)cn1. The maximum atomic E-state index is 6.27. The first-order chi connectivity index (χ1) is 9.76. The fourth-order valence-electron chi connectivity index (χ4n) is 2.33. The normalized spacial score (nSPS) is 12.7. The number of fused-ring (bicyclic) bond motifs is 1. The van der Waals surface area contributed by atoms with E-state index >= 15 is 0 Å². The van der Waals surface area contributed by atoms with Gasteiger partial charge >= 0.3 is 0 Å². The second kappa shape index (κ2) is 5.43. The first-order valence-electron chi connectivity index (χ1n) is 6.89. The van der Waals surface area contributed by atoms with Gasteiger partial charge in [-0.3, -0.25) is 9.67 Å². The average molecular weight is 266 g/mol. The van der Waals surface area contributed by atoms with Crippen molar-refractivity contribution in [2.45, 2.75) is 25.9 Å². The van der Waals surface area contributed by atoms with E-state index in [0.29, 0.717) is 0 Å². The molecule has 0 aliphatic heterocycles. The highest BCUT2D eigenvalue weighted by Crippen LogP contribution is 2.18. The van der Waals surface area contributed by atoms with Gasteiger partial charge in [-0.25, -0.2) is 0 Å². The van der Waals surface area contributed by atoms with Crippen LogP contribution in [0.2, 0.25) is 0 Å². The van der Waals surface area contributed by atoms with Crippen LogP contribution >= 0.6 is 0 Å². The molecule has 0 aliphatic carbocycles. The van der Waals surface area contributed by atoms with Gasteiger partial charge in [-0.15, -0.1) is 0 Å². The Morgan fingerprint density at radius 2 is 2.05 bits per heavy atom. The van der Waals surface area contributed by atoms with Crippen LogP contribution in [0.25, 0.3) is 10.9 Å². The fraction of sp³-hybridized carbons (Fsp3) is 0.250. The van der Waals surface area contributed by atoms with Crippen molar-refractivity contribution < 1.29 is 0 Å². The summed E-state index contributed by atoms with van der Waals surface area (Å²) >= 11 is 0. The molecule has 3 rings (SSSR count). The molecule has 0 aliphatic rings. The number of rotatable bonds is 4. The van der Waals surface area contributed by atoms with Gasteiger partial charge in [0.1, 0.15) is 0 Å². The van der Waals surface area contributed by atoms with Gasteiger partial charge in [-0.1, -0.05) is 24.3 Å². The third-order valence-electron chi connectivity index (χ3n) is 3.47. The third kappa shape index (κ3) is 2.56. The van der Waals surface area contributed by atoms with Crippen LogP contribution in [-0.4, -0.2) is 14.8 Å². The minimum absolute atomic E-state index is 0.103. The Bertz CT molecular complexity index is 717. The van der Waals surface area contributed by atoms with Crippen LogP contribution < -0.4 is 5.73 Å². The summed E-state index contributed by atoms with van der Waals surface area (Å²) in [4.78, 5) is 4.65. The molecule has 0 amide bonds. The second-order valence-corrected chi connectivity index (χ2v) is 4.94. The van der Waals surface area contributed by atoms with Crippen molar-refractivity contribution in [2.75, 3.05) is 0 Å². The fourth-order valence-corrected chi connectivity index (χ4v) is 2.33. The summed E-state index contributed by atoms with van der Waals surface area (Å²) < 4.78 is 1.91. The van der Waals surface area contributed by atoms with Crippen LogP contribution in [0.1, 0.15) is 24.2 Å². The number of nitrogens with zero attached hydrogens (tertiary/aromatic N) is 3. The van der Waals surface area contributed by atoms with Crippen molar-refractivity contribution in [1.82, 2.24) is 14.8 Å². The van der Waals surface area contributed by atoms with Crippen LogP contribution in [0.15, 0.2) is 48.8 Å². The zero-order valence-electron chi connectivity index (χ0n) is 11.5. The first kappa shape index (κ1) is 12.8. The van der Waals surface area contributed by atoms with Gasteiger partial charge in [0, 0.05) is 18.1 Å². The standard InChI is InChI=1S/C16H18N4/c1-2-20-11-12(10-18-20)9-14(17)16-8-7-13-5-3-4-6-15(13)19-16/h3-8,10-11,14H,2,9,17H2,1H3. The molecule has 0 fully saturated rings. The van der Waals surface area contributed by atoms with E-state index in [2.05, 4.69) is 29.1 Å². The van der Waals surface area contributed by atoms with Crippen molar-refractivity contribution in [1.29, 1.82) is 0 Å². The molecule has 1 unspecified atom stereocenters. The third-order valence-corrected chi connectivity index (χ3v) is 3.47. The van der Waals surface area contributed by atoms with Crippen LogP contribution in [0.5, 0.6) is 0 Å². The Labute approximate surface area is 118 Å². The molecule has 102 valence electrons. The lowest BCUT2D eigenvalue weighted by Gasteiger charge is -2.10. The molecule has 0 spiro atoms. The number of pyridine rings is 1. The highest BCUT2D eigenvalue weighted by molar-refractivity contribution is 5.78. The van der Waals surface area contributed by atoms with Gasteiger partial charge in [0.2, 0.25) is 0 Å². The number of aryl methyl sites for hydroxylation is 1. The summed E-state index contributed by atoms with van der Waals surface area (Å²) in [7, 11) is 0. The van der Waals surface area contributed by atoms with E-state index in [-0.39, 0.29) is 6.04 Å². The quantitative estimate of drug-likeness (QED) is 0.790. The molecule has 0 bridgehead atoms. The molecule has 3 aromatic rings. The summed E-state index contributed by atoms with van der Waals surface area (Å²) in [5, 5.41) is 5.41. The molecule has 20 heavy (non-hydrogen) atoms. The smallest absolute Gasteiger partial charge is 0.0706 e. The van der Waals surface area contributed by atoms with E-state index in [4.69, 9.17) is 5.73 Å². The predicted octanol–water partition coefficient (Wildman–Crippen LogP) is 2.69. The van der Waals surface area contributed by atoms with Crippen LogP contribution in [-0.2, 0) is 13.0 Å². The van der Waals surface area contributed by atoms with Gasteiger partial charge in [-0.2, -0.15) is 5.10 Å². The average Bonchev–Trinajstić information content (AvgIpc) is 2.94. The highest BCUT2D eigenvalue weighted by atomic mass is 15.3. The number of para-hydroxylation sites is 1. The lowest BCUT2D eigenvalue weighted by molar-refractivity contribution is 0.656. The molecule has 0 radical (unpaired) electrons. The van der Waals surface area contributed by atoms with E-state index in [9.17, 15) is 0 Å². The minimum Gasteiger partial charge on any atom is -0.322 e. The minimum atomic E-state index is -0.103. The molecule has 2 aromatic heterocycles. The molecule has 1 atom stereocenters. The van der Waals surface area contributed by atoms with Crippen molar-refractivity contribution in [3.05, 3.63) is 60.0 Å². The number of aromatic nitrogens is 3. The monoisotopic (exact) mass is 266 g/mol. The Morgan fingerprint density at radius 3 is 2.85 bits per heavy atom. The van der Waals surface area contributed by atoms with Crippen LogP contribution in [0.4, 0.5) is 0 Å². The molecule has 2 N–H and O–H groups in total.